The summed E-state index contributed by atoms with van der Waals surface area (Å²) in [6, 6.07) is 5.81. The molecule has 0 radical (unpaired) electrons. The first-order valence-corrected chi connectivity index (χ1v) is 5.43. The third-order valence-electron chi connectivity index (χ3n) is 2.71. The number of pyridine rings is 1. The zero-order chi connectivity index (χ0) is 12.5. The van der Waals surface area contributed by atoms with Gasteiger partial charge in [0.25, 0.3) is 0 Å². The molecule has 0 spiro atoms. The highest BCUT2D eigenvalue weighted by Crippen LogP contribution is 2.20. The molecule has 90 valence electrons. The highest BCUT2D eigenvalue weighted by atomic mass is 19.1. The topological polar surface area (TPSA) is 30.7 Å². The Balaban J connectivity index is 2.08. The number of hydrogen-bond donors (Lipinski definition) is 0. The first-order chi connectivity index (χ1) is 8.74. The maximum Gasteiger partial charge on any atom is 0.152 e. The summed E-state index contributed by atoms with van der Waals surface area (Å²) in [5.41, 5.74) is 1.21. The molecule has 0 unspecified atom stereocenters. The van der Waals surface area contributed by atoms with Crippen LogP contribution in [0.25, 0.3) is 10.9 Å². The minimum absolute atomic E-state index is 0.306. The van der Waals surface area contributed by atoms with Crippen molar-refractivity contribution in [2.24, 2.45) is 0 Å². The van der Waals surface area contributed by atoms with Crippen molar-refractivity contribution >= 4 is 10.9 Å². The van der Waals surface area contributed by atoms with E-state index >= 15 is 0 Å². The zero-order valence-corrected chi connectivity index (χ0v) is 9.35. The Hall–Kier alpha value is -2.30. The summed E-state index contributed by atoms with van der Waals surface area (Å²) in [4.78, 5) is 3.99. The van der Waals surface area contributed by atoms with Crippen LogP contribution in [0.4, 0.5) is 8.78 Å². The van der Waals surface area contributed by atoms with Gasteiger partial charge in [-0.2, -0.15) is 5.10 Å². The lowest BCUT2D eigenvalue weighted by molar-refractivity contribution is 0.582. The second-order valence-electron chi connectivity index (χ2n) is 3.99. The highest BCUT2D eigenvalue weighted by molar-refractivity contribution is 5.79. The van der Waals surface area contributed by atoms with Gasteiger partial charge < -0.3 is 0 Å². The van der Waals surface area contributed by atoms with Crippen molar-refractivity contribution in [1.29, 1.82) is 0 Å². The lowest BCUT2D eigenvalue weighted by Gasteiger charge is -2.04. The Morgan fingerprint density at radius 3 is 2.83 bits per heavy atom. The molecule has 3 aromatic rings. The SMILES string of the molecule is Fc1cc(F)c2c(cnn2Cc2cccnc2)c1. The predicted octanol–water partition coefficient (Wildman–Crippen LogP) is 2.76. The summed E-state index contributed by atoms with van der Waals surface area (Å²) in [5.74, 6) is -1.20. The fraction of sp³-hybridized carbons (Fsp3) is 0.0769. The van der Waals surface area contributed by atoms with Gasteiger partial charge in [-0.05, 0) is 17.7 Å². The largest absolute Gasteiger partial charge is 0.264 e. The molecule has 0 saturated carbocycles. The third-order valence-corrected chi connectivity index (χ3v) is 2.71. The molecule has 0 aliphatic heterocycles. The lowest BCUT2D eigenvalue weighted by Crippen LogP contribution is -2.03. The van der Waals surface area contributed by atoms with Crippen molar-refractivity contribution in [3.63, 3.8) is 0 Å². The number of benzene rings is 1. The van der Waals surface area contributed by atoms with Gasteiger partial charge in [0.1, 0.15) is 11.3 Å². The molecule has 2 aromatic heterocycles. The summed E-state index contributed by atoms with van der Waals surface area (Å²) in [7, 11) is 0. The van der Waals surface area contributed by atoms with E-state index in [0.29, 0.717) is 17.4 Å². The molecule has 0 aliphatic carbocycles. The molecule has 3 nitrogen and oxygen atoms in total. The van der Waals surface area contributed by atoms with Gasteiger partial charge in [0.05, 0.1) is 12.7 Å². The van der Waals surface area contributed by atoms with Gasteiger partial charge in [-0.3, -0.25) is 9.67 Å². The normalized spacial score (nSPS) is 11.0. The van der Waals surface area contributed by atoms with Gasteiger partial charge in [-0.25, -0.2) is 8.78 Å². The first kappa shape index (κ1) is 10.8. The van der Waals surface area contributed by atoms with E-state index in [0.717, 1.165) is 11.6 Å². The van der Waals surface area contributed by atoms with Gasteiger partial charge in [0, 0.05) is 23.8 Å². The number of hydrogen-bond acceptors (Lipinski definition) is 2. The van der Waals surface area contributed by atoms with Crippen LogP contribution in [-0.4, -0.2) is 14.8 Å². The molecule has 18 heavy (non-hydrogen) atoms. The van der Waals surface area contributed by atoms with Crippen LogP contribution in [0, 0.1) is 11.6 Å². The monoisotopic (exact) mass is 245 g/mol. The van der Waals surface area contributed by atoms with E-state index in [2.05, 4.69) is 10.1 Å². The second-order valence-corrected chi connectivity index (χ2v) is 3.99. The van der Waals surface area contributed by atoms with E-state index in [1.165, 1.54) is 16.9 Å². The lowest BCUT2D eigenvalue weighted by atomic mass is 10.2. The molecule has 0 fully saturated rings. The summed E-state index contributed by atoms with van der Waals surface area (Å²) >= 11 is 0. The molecule has 2 heterocycles. The molecular formula is C13H9F2N3. The van der Waals surface area contributed by atoms with E-state index in [9.17, 15) is 8.78 Å². The molecule has 0 saturated heterocycles. The average Bonchev–Trinajstić information content (AvgIpc) is 2.73. The van der Waals surface area contributed by atoms with Gasteiger partial charge >= 0.3 is 0 Å². The highest BCUT2D eigenvalue weighted by Gasteiger charge is 2.10. The van der Waals surface area contributed by atoms with Gasteiger partial charge in [-0.15, -0.1) is 0 Å². The van der Waals surface area contributed by atoms with Crippen LogP contribution in [0.3, 0.4) is 0 Å². The van der Waals surface area contributed by atoms with Crippen molar-refractivity contribution in [3.8, 4) is 0 Å². The number of fused-ring (bicyclic) bond motifs is 1. The number of nitrogens with zero attached hydrogens (tertiary/aromatic N) is 3. The molecule has 3 rings (SSSR count). The van der Waals surface area contributed by atoms with Gasteiger partial charge in [0.15, 0.2) is 5.82 Å². The minimum atomic E-state index is -0.605. The molecule has 0 N–H and O–H groups in total. The predicted molar refractivity (Wildman–Crippen MR) is 63.0 cm³/mol. The van der Waals surface area contributed by atoms with Crippen molar-refractivity contribution in [1.82, 2.24) is 14.8 Å². The van der Waals surface area contributed by atoms with Crippen LogP contribution >= 0.6 is 0 Å². The first-order valence-electron chi connectivity index (χ1n) is 5.43. The Bertz CT molecular complexity index is 692. The second kappa shape index (κ2) is 4.18. The standard InChI is InChI=1S/C13H9F2N3/c14-11-4-10-7-17-18(13(10)12(15)5-11)8-9-2-1-3-16-6-9/h1-7H,8H2. The number of aromatic nitrogens is 3. The van der Waals surface area contributed by atoms with E-state index in [4.69, 9.17) is 0 Å². The molecular weight excluding hydrogens is 236 g/mol. The van der Waals surface area contributed by atoms with Crippen molar-refractivity contribution in [2.45, 2.75) is 6.54 Å². The molecule has 1 aromatic carbocycles. The quantitative estimate of drug-likeness (QED) is 0.695. The average molecular weight is 245 g/mol. The molecule has 0 atom stereocenters. The molecule has 5 heteroatoms. The van der Waals surface area contributed by atoms with Crippen molar-refractivity contribution in [2.75, 3.05) is 0 Å². The Morgan fingerprint density at radius 1 is 1.17 bits per heavy atom. The fourth-order valence-electron chi connectivity index (χ4n) is 1.93. The van der Waals surface area contributed by atoms with Crippen LogP contribution < -0.4 is 0 Å². The molecule has 0 bridgehead atoms. The van der Waals surface area contributed by atoms with E-state index in [-0.39, 0.29) is 0 Å². The smallest absolute Gasteiger partial charge is 0.152 e. The fourth-order valence-corrected chi connectivity index (χ4v) is 1.93. The van der Waals surface area contributed by atoms with Crippen LogP contribution in [0.1, 0.15) is 5.56 Å². The van der Waals surface area contributed by atoms with Crippen molar-refractivity contribution < 1.29 is 8.78 Å². The van der Waals surface area contributed by atoms with Gasteiger partial charge in [-0.1, -0.05) is 6.07 Å². The van der Waals surface area contributed by atoms with Crippen molar-refractivity contribution in [3.05, 3.63) is 60.1 Å². The Kier molecular flexibility index (Phi) is 2.51. The Morgan fingerprint density at radius 2 is 2.06 bits per heavy atom. The molecule has 0 amide bonds. The van der Waals surface area contributed by atoms with Gasteiger partial charge in [0.2, 0.25) is 0 Å². The number of halogens is 2. The van der Waals surface area contributed by atoms with Crippen LogP contribution in [0.5, 0.6) is 0 Å². The van der Waals surface area contributed by atoms with Crippen LogP contribution in [-0.2, 0) is 6.54 Å². The van der Waals surface area contributed by atoms with Crippen LogP contribution in [0.15, 0.2) is 42.9 Å². The maximum atomic E-state index is 13.7. The summed E-state index contributed by atoms with van der Waals surface area (Å²) in [5, 5.41) is 4.53. The molecule has 0 aliphatic rings. The minimum Gasteiger partial charge on any atom is -0.264 e. The summed E-state index contributed by atoms with van der Waals surface area (Å²) in [6.07, 6.45) is 4.81. The third kappa shape index (κ3) is 1.84. The summed E-state index contributed by atoms with van der Waals surface area (Å²) in [6.45, 7) is 0.403. The Labute approximate surface area is 102 Å². The van der Waals surface area contributed by atoms with Crippen LogP contribution in [0.2, 0.25) is 0 Å². The van der Waals surface area contributed by atoms with E-state index < -0.39 is 11.6 Å². The summed E-state index contributed by atoms with van der Waals surface area (Å²) < 4.78 is 28.3. The number of rotatable bonds is 2. The maximum absolute atomic E-state index is 13.7. The van der Waals surface area contributed by atoms with E-state index in [1.54, 1.807) is 18.5 Å². The van der Waals surface area contributed by atoms with E-state index in [1.807, 2.05) is 6.07 Å². The zero-order valence-electron chi connectivity index (χ0n) is 9.35.